The van der Waals surface area contributed by atoms with Crippen molar-refractivity contribution in [3.63, 3.8) is 0 Å². The second-order valence-electron chi connectivity index (χ2n) is 5.47. The highest BCUT2D eigenvalue weighted by Crippen LogP contribution is 2.28. The maximum atomic E-state index is 12.3. The first-order valence-electron chi connectivity index (χ1n) is 7.90. The summed E-state index contributed by atoms with van der Waals surface area (Å²) < 4.78 is 15.0. The van der Waals surface area contributed by atoms with Crippen LogP contribution < -0.4 is 14.2 Å². The van der Waals surface area contributed by atoms with Crippen molar-refractivity contribution < 1.29 is 33.7 Å². The number of hydrogen-bond donors (Lipinski definition) is 1. The summed E-state index contributed by atoms with van der Waals surface area (Å²) in [4.78, 5) is 34.7. The van der Waals surface area contributed by atoms with Gasteiger partial charge in [-0.3, -0.25) is 14.4 Å². The molecule has 0 radical (unpaired) electrons. The summed E-state index contributed by atoms with van der Waals surface area (Å²) in [6.45, 7) is 2.48. The molecule has 7 nitrogen and oxygen atoms in total. The molecule has 0 aliphatic heterocycles. The summed E-state index contributed by atoms with van der Waals surface area (Å²) >= 11 is 0. The third kappa shape index (κ3) is 5.43. The molecular weight excluding hydrogens is 352 g/mol. The van der Waals surface area contributed by atoms with Gasteiger partial charge >= 0.3 is 11.9 Å². The van der Waals surface area contributed by atoms with E-state index in [1.54, 1.807) is 6.07 Å². The minimum Gasteiger partial charge on any atom is -0.507 e. The van der Waals surface area contributed by atoms with E-state index in [0.717, 1.165) is 0 Å². The van der Waals surface area contributed by atoms with Crippen LogP contribution in [0.5, 0.6) is 23.0 Å². The van der Waals surface area contributed by atoms with Gasteiger partial charge < -0.3 is 19.3 Å². The predicted molar refractivity (Wildman–Crippen MR) is 97.1 cm³/mol. The molecule has 0 aliphatic carbocycles. The Labute approximate surface area is 155 Å². The summed E-state index contributed by atoms with van der Waals surface area (Å²) in [5.41, 5.74) is 0.514. The van der Waals surface area contributed by atoms with Gasteiger partial charge in [-0.15, -0.1) is 0 Å². The molecule has 2 aromatic rings. The van der Waals surface area contributed by atoms with Crippen LogP contribution in [0.2, 0.25) is 0 Å². The molecule has 0 fully saturated rings. The molecular formula is C20H18O7. The number of phenols is 1. The molecule has 0 spiro atoms. The lowest BCUT2D eigenvalue weighted by molar-refractivity contribution is -0.132. The highest BCUT2D eigenvalue weighted by molar-refractivity contribution is 6.08. The van der Waals surface area contributed by atoms with Gasteiger partial charge in [-0.1, -0.05) is 0 Å². The lowest BCUT2D eigenvalue weighted by Gasteiger charge is -2.08. The van der Waals surface area contributed by atoms with Crippen LogP contribution in [0.3, 0.4) is 0 Å². The van der Waals surface area contributed by atoms with E-state index in [1.807, 2.05) is 0 Å². The summed E-state index contributed by atoms with van der Waals surface area (Å²) in [6, 6.07) is 8.74. The van der Waals surface area contributed by atoms with Crippen LogP contribution in [-0.2, 0) is 9.59 Å². The van der Waals surface area contributed by atoms with Crippen LogP contribution in [0.15, 0.2) is 42.5 Å². The molecule has 0 atom stereocenters. The smallest absolute Gasteiger partial charge is 0.308 e. The van der Waals surface area contributed by atoms with Crippen LogP contribution in [0.1, 0.15) is 29.8 Å². The van der Waals surface area contributed by atoms with Crippen molar-refractivity contribution in [3.05, 3.63) is 53.6 Å². The number of phenolic OH excluding ortho intramolecular Hbond substituents is 1. The zero-order chi connectivity index (χ0) is 20.0. The first-order valence-corrected chi connectivity index (χ1v) is 7.90. The Kier molecular flexibility index (Phi) is 6.32. The summed E-state index contributed by atoms with van der Waals surface area (Å²) in [6.07, 6.45) is 2.66. The second kappa shape index (κ2) is 8.66. The van der Waals surface area contributed by atoms with Crippen LogP contribution in [0, 0.1) is 0 Å². The molecule has 0 saturated carbocycles. The topological polar surface area (TPSA) is 99.1 Å². The molecule has 2 aromatic carbocycles. The van der Waals surface area contributed by atoms with Gasteiger partial charge in [0, 0.05) is 31.5 Å². The standard InChI is InChI=1S/C20H18O7/c1-12(21)26-16-6-4-14(20(11-16)27-13(2)22)5-9-18(23)17-8-7-15(25-3)10-19(17)24/h4-11,24H,1-3H3. The molecule has 1 N–H and O–H groups in total. The van der Waals surface area contributed by atoms with Gasteiger partial charge in [-0.25, -0.2) is 0 Å². The normalized spacial score (nSPS) is 10.5. The first kappa shape index (κ1) is 19.7. The summed E-state index contributed by atoms with van der Waals surface area (Å²) in [7, 11) is 1.45. The van der Waals surface area contributed by atoms with Crippen LogP contribution in [-0.4, -0.2) is 29.9 Å². The lowest BCUT2D eigenvalue weighted by atomic mass is 10.1. The van der Waals surface area contributed by atoms with E-state index in [0.29, 0.717) is 11.3 Å². The second-order valence-corrected chi connectivity index (χ2v) is 5.47. The van der Waals surface area contributed by atoms with Gasteiger partial charge in [0.1, 0.15) is 23.0 Å². The third-order valence-electron chi connectivity index (χ3n) is 3.38. The predicted octanol–water partition coefficient (Wildman–Crippen LogP) is 3.15. The zero-order valence-electron chi connectivity index (χ0n) is 15.0. The number of rotatable bonds is 6. The summed E-state index contributed by atoms with van der Waals surface area (Å²) in [5, 5.41) is 9.93. The molecule has 0 bridgehead atoms. The van der Waals surface area contributed by atoms with E-state index < -0.39 is 17.7 Å². The van der Waals surface area contributed by atoms with Crippen molar-refractivity contribution in [2.75, 3.05) is 7.11 Å². The quantitative estimate of drug-likeness (QED) is 0.361. The van der Waals surface area contributed by atoms with E-state index >= 15 is 0 Å². The Hall–Kier alpha value is -3.61. The van der Waals surface area contributed by atoms with Gasteiger partial charge in [0.25, 0.3) is 0 Å². The monoisotopic (exact) mass is 370 g/mol. The average Bonchev–Trinajstić information content (AvgIpc) is 2.59. The van der Waals surface area contributed by atoms with Gasteiger partial charge in [0.15, 0.2) is 5.78 Å². The number of aromatic hydroxyl groups is 1. The number of hydrogen-bond acceptors (Lipinski definition) is 7. The Balaban J connectivity index is 2.30. The van der Waals surface area contributed by atoms with Crippen molar-refractivity contribution in [1.29, 1.82) is 0 Å². The number of carbonyl (C=O) groups is 3. The Morgan fingerprint density at radius 3 is 2.19 bits per heavy atom. The highest BCUT2D eigenvalue weighted by Gasteiger charge is 2.11. The first-order chi connectivity index (χ1) is 12.8. The number of benzene rings is 2. The highest BCUT2D eigenvalue weighted by atomic mass is 16.5. The number of ketones is 1. The number of allylic oxidation sites excluding steroid dienone is 1. The fraction of sp³-hybridized carbons (Fsp3) is 0.150. The molecule has 0 heterocycles. The van der Waals surface area contributed by atoms with Gasteiger partial charge in [-0.2, -0.15) is 0 Å². The van der Waals surface area contributed by atoms with Crippen LogP contribution in [0.4, 0.5) is 0 Å². The van der Waals surface area contributed by atoms with Crippen molar-refractivity contribution in [1.82, 2.24) is 0 Å². The minimum atomic E-state index is -0.566. The lowest BCUT2D eigenvalue weighted by Crippen LogP contribution is -2.05. The SMILES string of the molecule is COc1ccc(C(=O)C=Cc2ccc(OC(C)=O)cc2OC(C)=O)c(O)c1. The fourth-order valence-corrected chi connectivity index (χ4v) is 2.23. The zero-order valence-corrected chi connectivity index (χ0v) is 15.0. The largest absolute Gasteiger partial charge is 0.507 e. The molecule has 140 valence electrons. The van der Waals surface area contributed by atoms with E-state index in [-0.39, 0.29) is 22.8 Å². The van der Waals surface area contributed by atoms with Gasteiger partial charge in [0.2, 0.25) is 0 Å². The third-order valence-corrected chi connectivity index (χ3v) is 3.38. The van der Waals surface area contributed by atoms with E-state index in [4.69, 9.17) is 14.2 Å². The molecule has 7 heteroatoms. The molecule has 0 aromatic heterocycles. The van der Waals surface area contributed by atoms with Crippen LogP contribution >= 0.6 is 0 Å². The maximum Gasteiger partial charge on any atom is 0.308 e. The number of carbonyl (C=O) groups excluding carboxylic acids is 3. The molecule has 0 amide bonds. The fourth-order valence-electron chi connectivity index (χ4n) is 2.23. The van der Waals surface area contributed by atoms with Crippen molar-refractivity contribution >= 4 is 23.8 Å². The van der Waals surface area contributed by atoms with E-state index in [9.17, 15) is 19.5 Å². The van der Waals surface area contributed by atoms with Gasteiger partial charge in [-0.05, 0) is 36.4 Å². The molecule has 0 aliphatic rings. The van der Waals surface area contributed by atoms with Gasteiger partial charge in [0.05, 0.1) is 12.7 Å². The Bertz CT molecular complexity index is 913. The van der Waals surface area contributed by atoms with Crippen molar-refractivity contribution in [2.45, 2.75) is 13.8 Å². The maximum absolute atomic E-state index is 12.3. The summed E-state index contributed by atoms with van der Waals surface area (Å²) in [5.74, 6) is -0.992. The molecule has 2 rings (SSSR count). The average molecular weight is 370 g/mol. The van der Waals surface area contributed by atoms with E-state index in [2.05, 4.69) is 0 Å². The number of esters is 2. The van der Waals surface area contributed by atoms with Crippen LogP contribution in [0.25, 0.3) is 6.08 Å². The molecule has 0 saturated heterocycles. The molecule has 27 heavy (non-hydrogen) atoms. The Morgan fingerprint density at radius 1 is 0.926 bits per heavy atom. The van der Waals surface area contributed by atoms with Crippen molar-refractivity contribution in [3.8, 4) is 23.0 Å². The molecule has 0 unspecified atom stereocenters. The Morgan fingerprint density at radius 2 is 1.59 bits per heavy atom. The number of methoxy groups -OCH3 is 1. The van der Waals surface area contributed by atoms with E-state index in [1.165, 1.54) is 63.4 Å². The van der Waals surface area contributed by atoms with Crippen molar-refractivity contribution in [2.24, 2.45) is 0 Å². The minimum absolute atomic E-state index is 0.0950. The number of ether oxygens (including phenoxy) is 3.